The van der Waals surface area contributed by atoms with Crippen LogP contribution >= 0.6 is 21.2 Å². The molecule has 5 nitrogen and oxygen atoms in total. The molecule has 0 bridgehead atoms. The lowest BCUT2D eigenvalue weighted by Crippen LogP contribution is -2.43. The summed E-state index contributed by atoms with van der Waals surface area (Å²) in [5.41, 5.74) is 1.97. The van der Waals surface area contributed by atoms with Gasteiger partial charge in [-0.2, -0.15) is 0 Å². The molecular weight excluding hydrogens is 433 g/mol. The fraction of sp³-hybridized carbons (Fsp3) is 0.773. The number of allylic oxidation sites excluding steroid dienone is 1. The Morgan fingerprint density at radius 3 is 2.33 bits per heavy atom. The maximum absolute atomic E-state index is 13.3. The highest BCUT2D eigenvalue weighted by molar-refractivity contribution is 7.89. The van der Waals surface area contributed by atoms with E-state index in [1.54, 1.807) is 6.66 Å². The molecule has 1 saturated carbocycles. The monoisotopic (exact) mass is 476 g/mol. The Morgan fingerprint density at radius 1 is 1.17 bits per heavy atom. The number of aliphatic hydroxyl groups is 1. The molecule has 0 spiro atoms. The molecule has 2 N–H and O–H groups in total. The van der Waals surface area contributed by atoms with E-state index < -0.39 is 27.3 Å². The molecule has 2 rings (SSSR count). The lowest BCUT2D eigenvalue weighted by atomic mass is 9.91. The molecule has 7 atom stereocenters. The summed E-state index contributed by atoms with van der Waals surface area (Å²) in [5.74, 6) is 1.48. The third kappa shape index (κ3) is 6.90. The van der Waals surface area contributed by atoms with Crippen LogP contribution in [0.25, 0.3) is 0 Å². The van der Waals surface area contributed by atoms with Crippen molar-refractivity contribution in [2.75, 3.05) is 51.7 Å². The van der Waals surface area contributed by atoms with Crippen LogP contribution in [0.2, 0.25) is 0 Å². The van der Waals surface area contributed by atoms with E-state index in [4.69, 9.17) is 0 Å². The first-order valence-electron chi connectivity index (χ1n) is 10.9. The van der Waals surface area contributed by atoms with E-state index >= 15 is 0 Å². The van der Waals surface area contributed by atoms with Gasteiger partial charge in [0.05, 0.1) is 32.5 Å². The molecular formula is C22H43N2O3P3. The lowest BCUT2D eigenvalue weighted by Gasteiger charge is -2.35. The second kappa shape index (κ2) is 9.35. The molecule has 2 aliphatic rings. The Hall–Kier alpha value is -0.200. The maximum Gasteiger partial charge on any atom is 0.0958 e. The summed E-state index contributed by atoms with van der Waals surface area (Å²) < 4.78 is 26.3. The molecule has 4 unspecified atom stereocenters. The van der Waals surface area contributed by atoms with Crippen molar-refractivity contribution in [1.82, 2.24) is 10.2 Å². The quantitative estimate of drug-likeness (QED) is 0.488. The highest BCUT2D eigenvalue weighted by Crippen LogP contribution is 2.64. The van der Waals surface area contributed by atoms with Crippen LogP contribution in [0.1, 0.15) is 26.7 Å². The minimum atomic E-state index is -2.49. The Morgan fingerprint density at radius 2 is 1.77 bits per heavy atom. The fourth-order valence-electron chi connectivity index (χ4n) is 5.18. The molecule has 0 aromatic carbocycles. The maximum atomic E-state index is 13.3. The van der Waals surface area contributed by atoms with Crippen LogP contribution in [0.4, 0.5) is 0 Å². The van der Waals surface area contributed by atoms with Gasteiger partial charge in [-0.15, -0.1) is 13.2 Å². The summed E-state index contributed by atoms with van der Waals surface area (Å²) in [6.07, 6.45) is 8.34. The van der Waals surface area contributed by atoms with Crippen molar-refractivity contribution in [3.05, 3.63) is 24.0 Å². The molecule has 174 valence electrons. The number of aliphatic hydroxyl groups excluding tert-OH is 1. The summed E-state index contributed by atoms with van der Waals surface area (Å²) in [6.45, 7) is 14.7. The van der Waals surface area contributed by atoms with Gasteiger partial charge in [-0.1, -0.05) is 13.5 Å². The summed E-state index contributed by atoms with van der Waals surface area (Å²) in [5, 5.41) is 14.3. The van der Waals surface area contributed by atoms with Crippen LogP contribution in [-0.4, -0.2) is 80.3 Å². The van der Waals surface area contributed by atoms with Crippen molar-refractivity contribution in [2.24, 2.45) is 17.8 Å². The second-order valence-corrected chi connectivity index (χ2v) is 22.6. The molecule has 1 heterocycles. The predicted octanol–water partition coefficient (Wildman–Crippen LogP) is 4.90. The third-order valence-electron chi connectivity index (χ3n) is 6.59. The Balaban J connectivity index is 2.03. The van der Waals surface area contributed by atoms with Crippen molar-refractivity contribution in [3.8, 4) is 0 Å². The number of nitrogens with zero attached hydrogens (tertiary/aromatic N) is 1. The molecule has 0 aromatic heterocycles. The number of nitrogens with one attached hydrogen (secondary N) is 1. The topological polar surface area (TPSA) is 69.6 Å². The van der Waals surface area contributed by atoms with Crippen molar-refractivity contribution in [3.63, 3.8) is 0 Å². The van der Waals surface area contributed by atoms with Gasteiger partial charge in [0.15, 0.2) is 0 Å². The minimum Gasteiger partial charge on any atom is -0.392 e. The van der Waals surface area contributed by atoms with E-state index in [2.05, 4.69) is 56.5 Å². The largest absolute Gasteiger partial charge is 0.392 e. The normalized spacial score (nSPS) is 34.1. The molecule has 8 heteroatoms. The van der Waals surface area contributed by atoms with Crippen LogP contribution in [0.3, 0.4) is 0 Å². The molecule has 30 heavy (non-hydrogen) atoms. The van der Waals surface area contributed by atoms with Crippen LogP contribution in [0.15, 0.2) is 24.0 Å². The van der Waals surface area contributed by atoms with Gasteiger partial charge in [0.2, 0.25) is 0 Å². The smallest absolute Gasteiger partial charge is 0.0958 e. The first kappa shape index (κ1) is 26.1. The molecule has 0 saturated heterocycles. The first-order valence-corrected chi connectivity index (χ1v) is 19.0. The Labute approximate surface area is 184 Å². The van der Waals surface area contributed by atoms with E-state index in [0.717, 1.165) is 24.1 Å². The highest BCUT2D eigenvalue weighted by Gasteiger charge is 2.43. The Kier molecular flexibility index (Phi) is 8.12. The summed E-state index contributed by atoms with van der Waals surface area (Å²) >= 11 is 0. The van der Waals surface area contributed by atoms with Gasteiger partial charge in [0, 0.05) is 36.9 Å². The van der Waals surface area contributed by atoms with Crippen LogP contribution in [-0.2, 0) is 9.13 Å². The number of hydrogen-bond donors (Lipinski definition) is 2. The number of hydrogen-bond acceptors (Lipinski definition) is 5. The second-order valence-electron chi connectivity index (χ2n) is 10.8. The predicted molar refractivity (Wildman–Crippen MR) is 137 cm³/mol. The highest BCUT2D eigenvalue weighted by atomic mass is 31.2. The third-order valence-corrected chi connectivity index (χ3v) is 18.0. The van der Waals surface area contributed by atoms with Gasteiger partial charge >= 0.3 is 0 Å². The van der Waals surface area contributed by atoms with E-state index in [9.17, 15) is 14.2 Å². The average molecular weight is 477 g/mol. The van der Waals surface area contributed by atoms with Crippen molar-refractivity contribution >= 4 is 27.5 Å². The van der Waals surface area contributed by atoms with Crippen LogP contribution in [0, 0.1) is 17.8 Å². The Bertz CT molecular complexity index is 831. The van der Waals surface area contributed by atoms with Crippen molar-refractivity contribution in [1.29, 1.82) is 0 Å². The van der Waals surface area contributed by atoms with Gasteiger partial charge in [0.25, 0.3) is 0 Å². The van der Waals surface area contributed by atoms with E-state index in [1.165, 1.54) is 0 Å². The zero-order valence-electron chi connectivity index (χ0n) is 20.0. The van der Waals surface area contributed by atoms with E-state index in [1.807, 2.05) is 13.7 Å². The van der Waals surface area contributed by atoms with Gasteiger partial charge in [-0.25, -0.2) is 0 Å². The molecule has 1 aliphatic heterocycles. The summed E-state index contributed by atoms with van der Waals surface area (Å²) in [6, 6.07) is 0. The minimum absolute atomic E-state index is 0.0465. The standard InChI is InChI=1S/C22H43N2O3P3/c1-16-19(10-11-29(8,26)15-30(9,27)14-28(5,6)7)12-20(22(16)25)21-13-24(4)18(3)23-17(21)2/h13,16,18-20,22-23,25H,2,5,10-12,14-15H2,1,3-4,6-9H3/t16?,18?,19-,20-,22-,29?,30?/m0/s1. The van der Waals surface area contributed by atoms with E-state index in [0.29, 0.717) is 23.9 Å². The van der Waals surface area contributed by atoms with Gasteiger partial charge in [-0.05, 0) is 63.8 Å². The van der Waals surface area contributed by atoms with Crippen molar-refractivity contribution < 1.29 is 14.2 Å². The first-order chi connectivity index (χ1) is 13.5. The zero-order valence-corrected chi connectivity index (χ0v) is 22.6. The molecule has 0 amide bonds. The van der Waals surface area contributed by atoms with Gasteiger partial charge in [-0.3, -0.25) is 0 Å². The zero-order chi connectivity index (χ0) is 23.1. The van der Waals surface area contributed by atoms with Crippen LogP contribution in [0.5, 0.6) is 0 Å². The average Bonchev–Trinajstić information content (AvgIpc) is 2.81. The summed E-state index contributed by atoms with van der Waals surface area (Å²) in [7, 11) is -2.90. The van der Waals surface area contributed by atoms with Gasteiger partial charge in [0.1, 0.15) is 0 Å². The number of rotatable bonds is 8. The van der Waals surface area contributed by atoms with Gasteiger partial charge < -0.3 is 24.5 Å². The fourth-order valence-corrected chi connectivity index (χ4v) is 19.3. The molecule has 1 fully saturated rings. The molecule has 0 radical (unpaired) electrons. The van der Waals surface area contributed by atoms with Crippen LogP contribution < -0.4 is 5.32 Å². The molecule has 0 aromatic rings. The summed E-state index contributed by atoms with van der Waals surface area (Å²) in [4.78, 5) is 2.11. The SMILES string of the molecule is C=C1NC(C)N(C)C=C1[C@@H]1C[C@H](CCP(C)(=O)CP(C)(=O)CP(=C)(C)C)C(C)[C@@H]1O. The molecule has 1 aliphatic carbocycles. The van der Waals surface area contributed by atoms with E-state index in [-0.39, 0.29) is 18.0 Å². The lowest BCUT2D eigenvalue weighted by molar-refractivity contribution is 0.100. The van der Waals surface area contributed by atoms with Crippen molar-refractivity contribution in [2.45, 2.75) is 39.0 Å².